The summed E-state index contributed by atoms with van der Waals surface area (Å²) in [6.07, 6.45) is 0.203. The van der Waals surface area contributed by atoms with Crippen LogP contribution in [-0.4, -0.2) is 30.9 Å². The summed E-state index contributed by atoms with van der Waals surface area (Å²) in [5.41, 5.74) is 7.02. The smallest absolute Gasteiger partial charge is 0.231 e. The summed E-state index contributed by atoms with van der Waals surface area (Å²) in [7, 11) is 3.14. The predicted octanol–water partition coefficient (Wildman–Crippen LogP) is 2.89. The minimum Gasteiger partial charge on any atom is -0.497 e. The number of aliphatic imine (C=N–C) groups is 1. The van der Waals surface area contributed by atoms with Crippen molar-refractivity contribution in [3.63, 3.8) is 0 Å². The van der Waals surface area contributed by atoms with E-state index in [4.69, 9.17) is 10.5 Å². The first kappa shape index (κ1) is 17.0. The highest BCUT2D eigenvalue weighted by atomic mass is 19.1. The minimum absolute atomic E-state index is 0.104. The van der Waals surface area contributed by atoms with Crippen LogP contribution >= 0.6 is 0 Å². The Morgan fingerprint density at radius 1 is 1.28 bits per heavy atom. The Hall–Kier alpha value is -2.89. The van der Waals surface area contributed by atoms with Gasteiger partial charge in [0.05, 0.1) is 19.1 Å². The van der Waals surface area contributed by atoms with E-state index in [-0.39, 0.29) is 24.1 Å². The molecule has 1 heterocycles. The fraction of sp³-hybridized carbons (Fsp3) is 0.263. The number of carbonyl (C=O) groups is 1. The monoisotopic (exact) mass is 341 g/mol. The van der Waals surface area contributed by atoms with Gasteiger partial charge in [0, 0.05) is 12.6 Å². The number of hydrogen-bond acceptors (Lipinski definition) is 4. The third-order valence-corrected chi connectivity index (χ3v) is 4.54. The molecule has 6 heteroatoms. The molecule has 0 unspecified atom stereocenters. The zero-order valence-corrected chi connectivity index (χ0v) is 14.4. The Morgan fingerprint density at radius 3 is 2.72 bits per heavy atom. The summed E-state index contributed by atoms with van der Waals surface area (Å²) in [6, 6.07) is 11.9. The SMILES string of the molecule is COc1ccc(F)c(-c2cccc([C@]3(C)CC(=O)N(C)C(N)=N3)c2)c1. The number of benzene rings is 2. The van der Waals surface area contributed by atoms with Crippen LogP contribution in [0.25, 0.3) is 11.1 Å². The van der Waals surface area contributed by atoms with Crippen molar-refractivity contribution in [2.75, 3.05) is 14.2 Å². The van der Waals surface area contributed by atoms with E-state index >= 15 is 0 Å². The lowest BCUT2D eigenvalue weighted by molar-refractivity contribution is -0.128. The summed E-state index contributed by atoms with van der Waals surface area (Å²) >= 11 is 0. The highest BCUT2D eigenvalue weighted by molar-refractivity contribution is 5.98. The first-order valence-corrected chi connectivity index (χ1v) is 7.90. The van der Waals surface area contributed by atoms with Gasteiger partial charge in [0.2, 0.25) is 5.91 Å². The van der Waals surface area contributed by atoms with Gasteiger partial charge in [-0.05, 0) is 42.3 Å². The van der Waals surface area contributed by atoms with Gasteiger partial charge >= 0.3 is 0 Å². The molecule has 130 valence electrons. The number of halogens is 1. The number of carbonyl (C=O) groups excluding carboxylic acids is 1. The van der Waals surface area contributed by atoms with E-state index in [1.807, 2.05) is 31.2 Å². The standard InChI is InChI=1S/C19H20FN3O2/c1-19(11-17(24)23(2)18(21)22-19)13-6-4-5-12(9-13)15-10-14(25-3)7-8-16(15)20/h4-10H,11H2,1-3H3,(H2,21,22)/t19-/m0/s1. The third-order valence-electron chi connectivity index (χ3n) is 4.54. The lowest BCUT2D eigenvalue weighted by Crippen LogP contribution is -2.47. The Labute approximate surface area is 145 Å². The van der Waals surface area contributed by atoms with Crippen LogP contribution in [0.4, 0.5) is 4.39 Å². The van der Waals surface area contributed by atoms with E-state index in [0.29, 0.717) is 16.9 Å². The van der Waals surface area contributed by atoms with Crippen LogP contribution < -0.4 is 10.5 Å². The van der Waals surface area contributed by atoms with Crippen molar-refractivity contribution < 1.29 is 13.9 Å². The number of hydrogen-bond donors (Lipinski definition) is 1. The van der Waals surface area contributed by atoms with E-state index in [0.717, 1.165) is 5.56 Å². The van der Waals surface area contributed by atoms with Gasteiger partial charge in [-0.1, -0.05) is 18.2 Å². The van der Waals surface area contributed by atoms with E-state index in [1.54, 1.807) is 19.2 Å². The van der Waals surface area contributed by atoms with Gasteiger partial charge in [0.1, 0.15) is 11.6 Å². The molecule has 0 aromatic heterocycles. The lowest BCUT2D eigenvalue weighted by Gasteiger charge is -2.33. The van der Waals surface area contributed by atoms with Gasteiger partial charge < -0.3 is 10.5 Å². The molecule has 0 fully saturated rings. The molecule has 25 heavy (non-hydrogen) atoms. The van der Waals surface area contributed by atoms with Crippen LogP contribution in [0.5, 0.6) is 5.75 Å². The molecule has 5 nitrogen and oxygen atoms in total. The molecule has 0 bridgehead atoms. The van der Waals surface area contributed by atoms with E-state index < -0.39 is 5.54 Å². The largest absolute Gasteiger partial charge is 0.497 e. The number of guanidine groups is 1. The van der Waals surface area contributed by atoms with Crippen LogP contribution in [0.1, 0.15) is 18.9 Å². The number of amides is 1. The summed E-state index contributed by atoms with van der Waals surface area (Å²) in [5.74, 6) is 0.306. The summed E-state index contributed by atoms with van der Waals surface area (Å²) in [4.78, 5) is 18.0. The van der Waals surface area contributed by atoms with Crippen molar-refractivity contribution in [3.8, 4) is 16.9 Å². The second kappa shape index (κ2) is 6.20. The second-order valence-corrected chi connectivity index (χ2v) is 6.30. The second-order valence-electron chi connectivity index (χ2n) is 6.30. The maximum absolute atomic E-state index is 14.3. The molecule has 0 radical (unpaired) electrons. The van der Waals surface area contributed by atoms with E-state index in [1.165, 1.54) is 18.1 Å². The van der Waals surface area contributed by atoms with Gasteiger partial charge in [-0.25, -0.2) is 9.38 Å². The Kier molecular flexibility index (Phi) is 4.20. The molecule has 0 saturated carbocycles. The van der Waals surface area contributed by atoms with Gasteiger partial charge in [0.25, 0.3) is 0 Å². The maximum Gasteiger partial charge on any atom is 0.231 e. The first-order chi connectivity index (χ1) is 11.8. The molecule has 3 rings (SSSR count). The topological polar surface area (TPSA) is 67.9 Å². The molecule has 0 saturated heterocycles. The van der Waals surface area contributed by atoms with Crippen molar-refractivity contribution in [2.24, 2.45) is 10.7 Å². The summed E-state index contributed by atoms with van der Waals surface area (Å²) < 4.78 is 19.5. The van der Waals surface area contributed by atoms with Crippen molar-refractivity contribution >= 4 is 11.9 Å². The molecule has 0 spiro atoms. The Balaban J connectivity index is 2.07. The van der Waals surface area contributed by atoms with Gasteiger partial charge in [-0.2, -0.15) is 0 Å². The molecular weight excluding hydrogens is 321 g/mol. The molecule has 1 atom stereocenters. The molecule has 2 aromatic carbocycles. The molecule has 1 aliphatic heterocycles. The predicted molar refractivity (Wildman–Crippen MR) is 94.7 cm³/mol. The van der Waals surface area contributed by atoms with Gasteiger partial charge in [-0.3, -0.25) is 9.69 Å². The highest BCUT2D eigenvalue weighted by Crippen LogP contribution is 2.36. The summed E-state index contributed by atoms with van der Waals surface area (Å²) in [6.45, 7) is 1.85. The molecule has 1 amide bonds. The fourth-order valence-corrected chi connectivity index (χ4v) is 2.95. The number of nitrogens with two attached hydrogens (primary N) is 1. The number of nitrogens with zero attached hydrogens (tertiary/aromatic N) is 2. The van der Waals surface area contributed by atoms with E-state index in [9.17, 15) is 9.18 Å². The quantitative estimate of drug-likeness (QED) is 0.933. The molecule has 1 aliphatic rings. The Bertz CT molecular complexity index is 865. The number of methoxy groups -OCH3 is 1. The van der Waals surface area contributed by atoms with Crippen molar-refractivity contribution in [2.45, 2.75) is 18.9 Å². The van der Waals surface area contributed by atoms with Crippen LogP contribution in [0, 0.1) is 5.82 Å². The van der Waals surface area contributed by atoms with Crippen molar-refractivity contribution in [1.82, 2.24) is 4.90 Å². The Morgan fingerprint density at radius 2 is 2.04 bits per heavy atom. The van der Waals surface area contributed by atoms with Crippen molar-refractivity contribution in [3.05, 3.63) is 53.8 Å². The van der Waals surface area contributed by atoms with Crippen LogP contribution in [0.3, 0.4) is 0 Å². The number of ether oxygens (including phenoxy) is 1. The average Bonchev–Trinajstić information content (AvgIpc) is 2.60. The zero-order valence-electron chi connectivity index (χ0n) is 14.4. The van der Waals surface area contributed by atoms with Crippen LogP contribution in [0.2, 0.25) is 0 Å². The fourth-order valence-electron chi connectivity index (χ4n) is 2.95. The van der Waals surface area contributed by atoms with Gasteiger partial charge in [-0.15, -0.1) is 0 Å². The highest BCUT2D eigenvalue weighted by Gasteiger charge is 2.36. The molecule has 0 aliphatic carbocycles. The normalized spacial score (nSPS) is 20.4. The number of rotatable bonds is 3. The van der Waals surface area contributed by atoms with Crippen LogP contribution in [0.15, 0.2) is 47.5 Å². The molecule has 2 aromatic rings. The molecule has 2 N–H and O–H groups in total. The summed E-state index contributed by atoms with van der Waals surface area (Å²) in [5, 5.41) is 0. The van der Waals surface area contributed by atoms with Crippen LogP contribution in [-0.2, 0) is 10.3 Å². The zero-order chi connectivity index (χ0) is 18.2. The molecular formula is C19H20FN3O2. The average molecular weight is 341 g/mol. The minimum atomic E-state index is -0.779. The first-order valence-electron chi connectivity index (χ1n) is 7.90. The lowest BCUT2D eigenvalue weighted by atomic mass is 9.86. The third kappa shape index (κ3) is 3.07. The maximum atomic E-state index is 14.3. The van der Waals surface area contributed by atoms with E-state index in [2.05, 4.69) is 4.99 Å². The van der Waals surface area contributed by atoms with Gasteiger partial charge in [0.15, 0.2) is 5.96 Å². The van der Waals surface area contributed by atoms with Crippen molar-refractivity contribution in [1.29, 1.82) is 0 Å².